The van der Waals surface area contributed by atoms with Gasteiger partial charge in [0.25, 0.3) is 5.91 Å². The van der Waals surface area contributed by atoms with Crippen LogP contribution >= 0.6 is 11.3 Å². The fourth-order valence-electron chi connectivity index (χ4n) is 2.15. The number of amides is 1. The Hall–Kier alpha value is -3.00. The lowest BCUT2D eigenvalue weighted by molar-refractivity contribution is -0.119. The van der Waals surface area contributed by atoms with Crippen LogP contribution in [0.1, 0.15) is 12.5 Å². The van der Waals surface area contributed by atoms with E-state index in [2.05, 4.69) is 20.8 Å². The van der Waals surface area contributed by atoms with Gasteiger partial charge in [-0.05, 0) is 37.3 Å². The molecule has 3 aromatic rings. The number of hydrogen-bond acceptors (Lipinski definition) is 6. The van der Waals surface area contributed by atoms with Crippen molar-refractivity contribution in [3.05, 3.63) is 53.8 Å². The van der Waals surface area contributed by atoms with Crippen LogP contribution in [0.25, 0.3) is 10.2 Å². The lowest BCUT2D eigenvalue weighted by Crippen LogP contribution is -2.26. The first kappa shape index (κ1) is 16.8. The first-order valence-electron chi connectivity index (χ1n) is 7.44. The highest BCUT2D eigenvalue weighted by Gasteiger charge is 2.08. The second-order valence-corrected chi connectivity index (χ2v) is 6.26. The molecule has 0 saturated heterocycles. The van der Waals surface area contributed by atoms with Crippen LogP contribution in [-0.2, 0) is 4.79 Å². The molecule has 0 fully saturated rings. The van der Waals surface area contributed by atoms with Crippen molar-refractivity contribution in [1.29, 1.82) is 0 Å². The third-order valence-electron chi connectivity index (χ3n) is 3.39. The minimum Gasteiger partial charge on any atom is -0.507 e. The molecule has 0 aliphatic carbocycles. The average molecular weight is 358 g/mol. The van der Waals surface area contributed by atoms with Crippen molar-refractivity contribution < 1.29 is 14.3 Å². The first-order chi connectivity index (χ1) is 12.0. The van der Waals surface area contributed by atoms with E-state index in [4.69, 9.17) is 0 Å². The smallest absolute Gasteiger partial charge is 0.259 e. The lowest BCUT2D eigenvalue weighted by Gasteiger charge is -2.05. The largest absolute Gasteiger partial charge is 0.507 e. The van der Waals surface area contributed by atoms with Crippen LogP contribution in [0.2, 0.25) is 0 Å². The van der Waals surface area contributed by atoms with Crippen LogP contribution in [0.4, 0.5) is 9.52 Å². The summed E-state index contributed by atoms with van der Waals surface area (Å²) in [6, 6.07) is 11.2. The Bertz CT molecular complexity index is 922. The van der Waals surface area contributed by atoms with Gasteiger partial charge in [0.15, 0.2) is 5.13 Å². The van der Waals surface area contributed by atoms with Crippen molar-refractivity contribution in [2.75, 3.05) is 11.9 Å². The average Bonchev–Trinajstić information content (AvgIpc) is 3.03. The van der Waals surface area contributed by atoms with Crippen molar-refractivity contribution in [2.45, 2.75) is 6.92 Å². The number of phenolic OH excluding ortho intramolecular Hbond substituents is 1. The van der Waals surface area contributed by atoms with E-state index >= 15 is 0 Å². The topological polar surface area (TPSA) is 86.6 Å². The van der Waals surface area contributed by atoms with Gasteiger partial charge >= 0.3 is 0 Å². The van der Waals surface area contributed by atoms with E-state index in [0.717, 1.165) is 22.3 Å². The van der Waals surface area contributed by atoms with Gasteiger partial charge in [0, 0.05) is 5.56 Å². The van der Waals surface area contributed by atoms with E-state index in [1.54, 1.807) is 6.92 Å². The Morgan fingerprint density at radius 1 is 1.32 bits per heavy atom. The van der Waals surface area contributed by atoms with Crippen molar-refractivity contribution in [1.82, 2.24) is 10.4 Å². The van der Waals surface area contributed by atoms with Crippen LogP contribution in [0.5, 0.6) is 5.75 Å². The van der Waals surface area contributed by atoms with Crippen LogP contribution in [0.15, 0.2) is 47.6 Å². The third-order valence-corrected chi connectivity index (χ3v) is 4.38. The van der Waals surface area contributed by atoms with Gasteiger partial charge in [-0.15, -0.1) is 0 Å². The second kappa shape index (κ2) is 7.27. The number of para-hydroxylation sites is 1. The zero-order chi connectivity index (χ0) is 17.8. The number of nitrogens with one attached hydrogen (secondary N) is 2. The molecule has 6 nitrogen and oxygen atoms in total. The molecule has 0 radical (unpaired) electrons. The molecule has 1 heterocycles. The fourth-order valence-corrected chi connectivity index (χ4v) is 3.01. The van der Waals surface area contributed by atoms with Crippen molar-refractivity contribution in [3.8, 4) is 5.75 Å². The number of hydrazone groups is 1. The maximum atomic E-state index is 13.2. The molecule has 2 aromatic carbocycles. The number of rotatable bonds is 5. The number of hydrogen-bond donors (Lipinski definition) is 3. The van der Waals surface area contributed by atoms with E-state index in [-0.39, 0.29) is 23.8 Å². The van der Waals surface area contributed by atoms with Crippen molar-refractivity contribution in [3.63, 3.8) is 0 Å². The standard InChI is InChI=1S/C17H15FN4O2S/c1-10(12-8-11(18)6-7-14(12)23)21-22-16(24)9-19-17-20-13-4-2-3-5-15(13)25-17/h2-8,23H,9H2,1H3,(H,19,20)(H,22,24)/b21-10+. The highest BCUT2D eigenvalue weighted by atomic mass is 32.1. The maximum absolute atomic E-state index is 13.2. The van der Waals surface area contributed by atoms with Gasteiger partial charge in [-0.3, -0.25) is 4.79 Å². The Balaban J connectivity index is 1.59. The van der Waals surface area contributed by atoms with Crippen molar-refractivity contribution in [2.24, 2.45) is 5.10 Å². The number of thiazole rings is 1. The molecule has 0 bridgehead atoms. The number of benzene rings is 2. The van der Waals surface area contributed by atoms with Gasteiger partial charge in [0.2, 0.25) is 0 Å². The normalized spacial score (nSPS) is 11.5. The quantitative estimate of drug-likeness (QED) is 0.483. The zero-order valence-electron chi connectivity index (χ0n) is 13.3. The number of anilines is 1. The summed E-state index contributed by atoms with van der Waals surface area (Å²) in [7, 11) is 0. The molecule has 0 spiro atoms. The SMILES string of the molecule is C/C(=N\NC(=O)CNc1nc2ccccc2s1)c1cc(F)ccc1O. The van der Waals surface area contributed by atoms with Gasteiger partial charge in [-0.2, -0.15) is 5.10 Å². The molecule has 1 amide bonds. The number of carbonyl (C=O) groups excluding carboxylic acids is 1. The maximum Gasteiger partial charge on any atom is 0.259 e. The predicted molar refractivity (Wildman–Crippen MR) is 96.5 cm³/mol. The number of carbonyl (C=O) groups is 1. The molecular weight excluding hydrogens is 343 g/mol. The summed E-state index contributed by atoms with van der Waals surface area (Å²) in [6.45, 7) is 1.56. The molecule has 3 rings (SSSR count). The molecule has 0 aliphatic rings. The summed E-state index contributed by atoms with van der Waals surface area (Å²) < 4.78 is 14.3. The Morgan fingerprint density at radius 3 is 2.92 bits per heavy atom. The minimum atomic E-state index is -0.494. The van der Waals surface area contributed by atoms with Crippen LogP contribution in [0, 0.1) is 5.82 Å². The van der Waals surface area contributed by atoms with E-state index in [1.165, 1.54) is 17.4 Å². The van der Waals surface area contributed by atoms with Crippen LogP contribution in [0.3, 0.4) is 0 Å². The van der Waals surface area contributed by atoms with Crippen LogP contribution in [-0.4, -0.2) is 28.3 Å². The van der Waals surface area contributed by atoms with Gasteiger partial charge in [-0.25, -0.2) is 14.8 Å². The molecule has 3 N–H and O–H groups in total. The van der Waals surface area contributed by atoms with Gasteiger partial charge in [-0.1, -0.05) is 23.5 Å². The molecule has 128 valence electrons. The number of aromatic hydroxyl groups is 1. The van der Waals surface area contributed by atoms with Gasteiger partial charge in [0.1, 0.15) is 11.6 Å². The number of phenols is 1. The first-order valence-corrected chi connectivity index (χ1v) is 8.26. The van der Waals surface area contributed by atoms with Crippen molar-refractivity contribution >= 4 is 38.3 Å². The molecule has 0 aliphatic heterocycles. The second-order valence-electron chi connectivity index (χ2n) is 5.23. The molecule has 0 atom stereocenters. The fraction of sp³-hybridized carbons (Fsp3) is 0.118. The molecule has 1 aromatic heterocycles. The molecule has 0 unspecified atom stereocenters. The Kier molecular flexibility index (Phi) is 4.90. The molecule has 25 heavy (non-hydrogen) atoms. The summed E-state index contributed by atoms with van der Waals surface area (Å²) in [5.41, 5.74) is 3.75. The number of fused-ring (bicyclic) bond motifs is 1. The highest BCUT2D eigenvalue weighted by Crippen LogP contribution is 2.25. The van der Waals surface area contributed by atoms with Crippen LogP contribution < -0.4 is 10.7 Å². The lowest BCUT2D eigenvalue weighted by atomic mass is 10.1. The number of nitrogens with zero attached hydrogens (tertiary/aromatic N) is 2. The molecular formula is C17H15FN4O2S. The highest BCUT2D eigenvalue weighted by molar-refractivity contribution is 7.22. The summed E-state index contributed by atoms with van der Waals surface area (Å²) >= 11 is 1.45. The van der Waals surface area contributed by atoms with E-state index in [1.807, 2.05) is 24.3 Å². The number of aromatic nitrogens is 1. The summed E-state index contributed by atoms with van der Waals surface area (Å²) in [5, 5.41) is 17.2. The summed E-state index contributed by atoms with van der Waals surface area (Å²) in [6.07, 6.45) is 0. The zero-order valence-corrected chi connectivity index (χ0v) is 14.1. The predicted octanol–water partition coefficient (Wildman–Crippen LogP) is 3.09. The minimum absolute atomic E-state index is 0.00820. The van der Waals surface area contributed by atoms with E-state index < -0.39 is 5.82 Å². The molecule has 8 heteroatoms. The third kappa shape index (κ3) is 4.10. The van der Waals surface area contributed by atoms with Gasteiger partial charge in [0.05, 0.1) is 22.5 Å². The Morgan fingerprint density at radius 2 is 2.12 bits per heavy atom. The Labute approximate surface area is 147 Å². The van der Waals surface area contributed by atoms with Gasteiger partial charge < -0.3 is 10.4 Å². The monoisotopic (exact) mass is 358 g/mol. The number of halogens is 1. The summed E-state index contributed by atoms with van der Waals surface area (Å²) in [5.74, 6) is -0.981. The summed E-state index contributed by atoms with van der Waals surface area (Å²) in [4.78, 5) is 16.2. The van der Waals surface area contributed by atoms with E-state index in [0.29, 0.717) is 10.8 Å². The molecule has 0 saturated carbocycles. The van der Waals surface area contributed by atoms with E-state index in [9.17, 15) is 14.3 Å².